The van der Waals surface area contributed by atoms with Crippen molar-refractivity contribution in [1.29, 1.82) is 0 Å². The smallest absolute Gasteiger partial charge is 0.243 e. The Morgan fingerprint density at radius 1 is 0.821 bits per heavy atom. The molecule has 4 rings (SSSR count). The summed E-state index contributed by atoms with van der Waals surface area (Å²) in [4.78, 5) is 0. The zero-order valence-corrected chi connectivity index (χ0v) is 17.5. The van der Waals surface area contributed by atoms with Gasteiger partial charge in [0.2, 0.25) is 6.33 Å². The third-order valence-electron chi connectivity index (χ3n) is 4.94. The van der Waals surface area contributed by atoms with Crippen LogP contribution >= 0.6 is 7.92 Å². The maximum absolute atomic E-state index is 3.55. The minimum Gasteiger partial charge on any atom is -0.326 e. The summed E-state index contributed by atoms with van der Waals surface area (Å²) in [5, 5.41) is 2.78. The Hall–Kier alpha value is -2.70. The van der Waals surface area contributed by atoms with Crippen LogP contribution in [0.1, 0.15) is 16.7 Å². The molecule has 3 heteroatoms. The number of benzene rings is 3. The number of aromatic nitrogens is 2. The van der Waals surface area contributed by atoms with E-state index < -0.39 is 7.92 Å². The summed E-state index contributed by atoms with van der Waals surface area (Å²) in [5.41, 5.74) is 5.10. The van der Waals surface area contributed by atoms with Crippen LogP contribution in [-0.2, 0) is 6.29 Å². The molecule has 1 aromatic heterocycles. The molecule has 4 aromatic rings. The van der Waals surface area contributed by atoms with Crippen LogP contribution in [0.4, 0.5) is 0 Å². The number of imidazole rings is 1. The van der Waals surface area contributed by atoms with Crippen LogP contribution in [-0.4, -0.2) is 4.57 Å². The van der Waals surface area contributed by atoms with Gasteiger partial charge < -0.3 is 9.13 Å². The van der Waals surface area contributed by atoms with E-state index >= 15 is 0 Å². The van der Waals surface area contributed by atoms with Gasteiger partial charge in [0.05, 0.1) is 12.0 Å². The predicted octanol–water partition coefficient (Wildman–Crippen LogP) is 4.58. The van der Waals surface area contributed by atoms with E-state index in [1.165, 1.54) is 33.0 Å². The van der Waals surface area contributed by atoms with Crippen molar-refractivity contribution in [2.45, 2.75) is 27.1 Å². The Balaban J connectivity index is 1.68. The fourth-order valence-electron chi connectivity index (χ4n) is 3.79. The lowest BCUT2D eigenvalue weighted by Crippen LogP contribution is -2.31. The van der Waals surface area contributed by atoms with Gasteiger partial charge in [-0.25, -0.2) is 0 Å². The minimum absolute atomic E-state index is 0.485. The van der Waals surface area contributed by atoms with Crippen molar-refractivity contribution in [3.05, 3.63) is 108 Å². The highest BCUT2D eigenvalue weighted by molar-refractivity contribution is 7.72. The number of hydrogen-bond donors (Lipinski definition) is 0. The second-order valence-corrected chi connectivity index (χ2v) is 9.40. The summed E-state index contributed by atoms with van der Waals surface area (Å²) in [6, 6.07) is 26.1. The summed E-state index contributed by atoms with van der Waals surface area (Å²) < 4.78 is 4.33. The van der Waals surface area contributed by atoms with Crippen LogP contribution in [0.3, 0.4) is 0 Å². The van der Waals surface area contributed by atoms with Crippen molar-refractivity contribution in [2.24, 2.45) is 0 Å². The zero-order valence-electron chi connectivity index (χ0n) is 16.6. The SMILES string of the molecule is Cc1cc(C)c(-[n+]2[c-]n(CP(c3ccccc3)c3ccccc3)cc2)c(C)c1. The molecule has 0 aliphatic rings. The molecule has 0 saturated heterocycles. The number of aryl methyl sites for hydroxylation is 3. The van der Waals surface area contributed by atoms with Gasteiger partial charge in [0, 0.05) is 12.4 Å². The van der Waals surface area contributed by atoms with Crippen LogP contribution in [0, 0.1) is 27.1 Å². The topological polar surface area (TPSA) is 8.81 Å². The van der Waals surface area contributed by atoms with Gasteiger partial charge in [0.25, 0.3) is 0 Å². The third kappa shape index (κ3) is 3.93. The van der Waals surface area contributed by atoms with Crippen molar-refractivity contribution in [2.75, 3.05) is 0 Å². The predicted molar refractivity (Wildman–Crippen MR) is 118 cm³/mol. The standard InChI is InChI=1S/C25H25N2P/c1-20-16-21(2)25(22(3)17-20)27-15-14-26(18-27)19-28(23-10-6-4-7-11-23)24-12-8-5-9-13-24/h4-17H,19H2,1-3H3. The van der Waals surface area contributed by atoms with Crippen LogP contribution in [0.25, 0.3) is 5.69 Å². The highest BCUT2D eigenvalue weighted by Gasteiger charge is 2.16. The molecule has 0 fully saturated rings. The number of nitrogens with zero attached hydrogens (tertiary/aromatic N) is 2. The van der Waals surface area contributed by atoms with Gasteiger partial charge in [-0.3, -0.25) is 0 Å². The van der Waals surface area contributed by atoms with Crippen molar-refractivity contribution in [3.8, 4) is 5.69 Å². The van der Waals surface area contributed by atoms with E-state index in [0.717, 1.165) is 6.29 Å². The molecule has 0 aliphatic heterocycles. The molecule has 0 radical (unpaired) electrons. The Morgan fingerprint density at radius 3 is 1.89 bits per heavy atom. The molecule has 3 aromatic carbocycles. The van der Waals surface area contributed by atoms with E-state index in [1.54, 1.807) is 0 Å². The minimum atomic E-state index is -0.485. The average Bonchev–Trinajstić information content (AvgIpc) is 3.15. The molecular weight excluding hydrogens is 359 g/mol. The lowest BCUT2D eigenvalue weighted by Gasteiger charge is -2.17. The van der Waals surface area contributed by atoms with Crippen molar-refractivity contribution < 1.29 is 4.57 Å². The normalized spacial score (nSPS) is 11.1. The first-order valence-electron chi connectivity index (χ1n) is 9.58. The molecule has 1 heterocycles. The zero-order chi connectivity index (χ0) is 19.5. The maximum Gasteiger partial charge on any atom is 0.243 e. The highest BCUT2D eigenvalue weighted by Crippen LogP contribution is 2.35. The van der Waals surface area contributed by atoms with E-state index in [9.17, 15) is 0 Å². The van der Waals surface area contributed by atoms with Gasteiger partial charge >= 0.3 is 0 Å². The quantitative estimate of drug-likeness (QED) is 0.271. The first-order chi connectivity index (χ1) is 13.6. The average molecular weight is 384 g/mol. The molecule has 0 amide bonds. The number of rotatable bonds is 5. The van der Waals surface area contributed by atoms with Gasteiger partial charge in [0.15, 0.2) is 0 Å². The summed E-state index contributed by atoms with van der Waals surface area (Å²) >= 11 is 0. The van der Waals surface area contributed by atoms with Gasteiger partial charge in [-0.05, 0) is 50.4 Å². The van der Waals surface area contributed by atoms with Crippen molar-refractivity contribution >= 4 is 18.5 Å². The van der Waals surface area contributed by atoms with Crippen LogP contribution in [0.2, 0.25) is 0 Å². The molecular formula is C25H25N2P. The second kappa shape index (κ2) is 8.12. The van der Waals surface area contributed by atoms with Gasteiger partial charge in [-0.15, -0.1) is 0 Å². The Labute approximate surface area is 168 Å². The number of hydrogen-bond acceptors (Lipinski definition) is 0. The molecule has 2 nitrogen and oxygen atoms in total. The third-order valence-corrected chi connectivity index (χ3v) is 7.37. The fraction of sp³-hybridized carbons (Fsp3) is 0.160. The molecule has 0 spiro atoms. The molecule has 0 saturated carbocycles. The lowest BCUT2D eigenvalue weighted by atomic mass is 10.1. The van der Waals surface area contributed by atoms with E-state index in [0.29, 0.717) is 0 Å². The lowest BCUT2D eigenvalue weighted by molar-refractivity contribution is -0.600. The largest absolute Gasteiger partial charge is 0.326 e. The Kier molecular flexibility index (Phi) is 5.41. The van der Waals surface area contributed by atoms with Gasteiger partial charge in [-0.1, -0.05) is 78.4 Å². The molecule has 0 N–H and O–H groups in total. The molecule has 0 unspecified atom stereocenters. The van der Waals surface area contributed by atoms with Crippen molar-refractivity contribution in [1.82, 2.24) is 4.57 Å². The van der Waals surface area contributed by atoms with Crippen LogP contribution in [0.15, 0.2) is 85.2 Å². The van der Waals surface area contributed by atoms with Gasteiger partial charge in [0.1, 0.15) is 0 Å². The fourth-order valence-corrected chi connectivity index (χ4v) is 5.94. The molecule has 0 bridgehead atoms. The first-order valence-corrected chi connectivity index (χ1v) is 11.1. The summed E-state index contributed by atoms with van der Waals surface area (Å²) in [6.45, 7) is 6.50. The summed E-state index contributed by atoms with van der Waals surface area (Å²) in [6.07, 6.45) is 8.73. The van der Waals surface area contributed by atoms with E-state index in [4.69, 9.17) is 0 Å². The summed E-state index contributed by atoms with van der Waals surface area (Å²) in [7, 11) is -0.485. The first kappa shape index (κ1) is 18.7. The Morgan fingerprint density at radius 2 is 1.36 bits per heavy atom. The van der Waals surface area contributed by atoms with E-state index in [-0.39, 0.29) is 0 Å². The summed E-state index contributed by atoms with van der Waals surface area (Å²) in [5.74, 6) is 0. The van der Waals surface area contributed by atoms with Crippen molar-refractivity contribution in [3.63, 3.8) is 0 Å². The Bertz CT molecular complexity index is 1010. The second-order valence-electron chi connectivity index (χ2n) is 7.23. The molecule has 0 aliphatic carbocycles. The monoisotopic (exact) mass is 384 g/mol. The highest BCUT2D eigenvalue weighted by atomic mass is 31.1. The van der Waals surface area contributed by atoms with E-state index in [1.807, 2.05) is 0 Å². The molecule has 140 valence electrons. The van der Waals surface area contributed by atoms with Crippen LogP contribution < -0.4 is 15.2 Å². The van der Waals surface area contributed by atoms with Gasteiger partial charge in [-0.2, -0.15) is 0 Å². The molecule has 28 heavy (non-hydrogen) atoms. The molecule has 0 atom stereocenters. The van der Waals surface area contributed by atoms with E-state index in [2.05, 4.69) is 121 Å². The maximum atomic E-state index is 3.55. The van der Waals surface area contributed by atoms with Crippen LogP contribution in [0.5, 0.6) is 0 Å².